The van der Waals surface area contributed by atoms with Gasteiger partial charge in [-0.2, -0.15) is 4.31 Å². The summed E-state index contributed by atoms with van der Waals surface area (Å²) >= 11 is 0. The second-order valence-electron chi connectivity index (χ2n) is 5.55. The van der Waals surface area contributed by atoms with E-state index in [1.165, 1.54) is 13.2 Å². The second-order valence-corrected chi connectivity index (χ2v) is 7.41. The van der Waals surface area contributed by atoms with Crippen LogP contribution in [-0.4, -0.2) is 37.5 Å². The van der Waals surface area contributed by atoms with Crippen molar-refractivity contribution in [1.82, 2.24) is 4.31 Å². The maximum absolute atomic E-state index is 12.8. The maximum Gasteiger partial charge on any atom is 0.247 e. The topological polar surface area (TPSA) is 66.8 Å². The summed E-state index contributed by atoms with van der Waals surface area (Å²) < 4.78 is 32.4. The number of aliphatic hydroxyl groups excluding tert-OH is 1. The first-order valence-electron chi connectivity index (χ1n) is 6.86. The van der Waals surface area contributed by atoms with E-state index in [1.54, 1.807) is 16.4 Å². The van der Waals surface area contributed by atoms with E-state index in [0.29, 0.717) is 23.8 Å². The largest absolute Gasteiger partial charge is 0.495 e. The molecule has 6 heteroatoms. The molecule has 1 N–H and O–H groups in total. The number of hydrogen-bond donors (Lipinski definition) is 1. The smallest absolute Gasteiger partial charge is 0.247 e. The molecule has 3 rings (SSSR count). The first-order valence-corrected chi connectivity index (χ1v) is 8.30. The summed E-state index contributed by atoms with van der Waals surface area (Å²) in [6.45, 7) is 0.489. The number of ether oxygens (including phenoxy) is 1. The van der Waals surface area contributed by atoms with Crippen LogP contribution in [0.4, 0.5) is 0 Å². The second kappa shape index (κ2) is 5.02. The summed E-state index contributed by atoms with van der Waals surface area (Å²) in [6, 6.07) is 4.89. The van der Waals surface area contributed by atoms with Crippen LogP contribution in [0.1, 0.15) is 24.8 Å². The highest BCUT2D eigenvalue weighted by molar-refractivity contribution is 7.89. The van der Waals surface area contributed by atoms with E-state index in [1.807, 2.05) is 0 Å². The highest BCUT2D eigenvalue weighted by Gasteiger charge is 2.44. The van der Waals surface area contributed by atoms with Gasteiger partial charge in [0.25, 0.3) is 0 Å². The van der Waals surface area contributed by atoms with Crippen LogP contribution in [0, 0.1) is 5.92 Å². The molecule has 2 atom stereocenters. The van der Waals surface area contributed by atoms with Crippen LogP contribution in [0.5, 0.6) is 5.75 Å². The first-order chi connectivity index (χ1) is 9.56. The Morgan fingerprint density at radius 3 is 2.75 bits per heavy atom. The molecular formula is C14H19NO4S. The third-order valence-electron chi connectivity index (χ3n) is 4.36. The van der Waals surface area contributed by atoms with Gasteiger partial charge in [-0.3, -0.25) is 0 Å². The summed E-state index contributed by atoms with van der Waals surface area (Å²) in [5.74, 6) is 0.816. The Bertz CT molecular complexity index is 614. The fourth-order valence-corrected chi connectivity index (χ4v) is 5.20. The van der Waals surface area contributed by atoms with Crippen molar-refractivity contribution in [3.63, 3.8) is 0 Å². The molecule has 1 heterocycles. The zero-order valence-corrected chi connectivity index (χ0v) is 12.3. The number of fused-ring (bicyclic) bond motifs is 2. The SMILES string of the molecule is COc1cc(CO)ccc1S(=O)(=O)N1CC2CCC1C2. The molecule has 110 valence electrons. The number of hydrogen-bond acceptors (Lipinski definition) is 4. The molecule has 2 aliphatic rings. The standard InChI is InChI=1S/C14H19NO4S/c1-19-13-7-11(9-16)3-5-14(13)20(17,18)15-8-10-2-4-12(15)6-10/h3,5,7,10,12,16H,2,4,6,8-9H2,1H3. The van der Waals surface area contributed by atoms with Crippen molar-refractivity contribution in [3.8, 4) is 5.75 Å². The maximum atomic E-state index is 12.8. The minimum Gasteiger partial charge on any atom is -0.495 e. The molecule has 0 radical (unpaired) electrons. The van der Waals surface area contributed by atoms with Crippen molar-refractivity contribution >= 4 is 10.0 Å². The van der Waals surface area contributed by atoms with Crippen molar-refractivity contribution in [2.45, 2.75) is 36.8 Å². The number of nitrogens with zero attached hydrogens (tertiary/aromatic N) is 1. The zero-order chi connectivity index (χ0) is 14.3. The monoisotopic (exact) mass is 297 g/mol. The van der Waals surface area contributed by atoms with Crippen molar-refractivity contribution in [2.75, 3.05) is 13.7 Å². The number of piperidine rings is 1. The van der Waals surface area contributed by atoms with Gasteiger partial charge in [0.15, 0.2) is 0 Å². The van der Waals surface area contributed by atoms with Crippen molar-refractivity contribution < 1.29 is 18.3 Å². The third-order valence-corrected chi connectivity index (χ3v) is 6.31. The fraction of sp³-hybridized carbons (Fsp3) is 0.571. The number of sulfonamides is 1. The van der Waals surface area contributed by atoms with Gasteiger partial charge in [-0.1, -0.05) is 6.07 Å². The van der Waals surface area contributed by atoms with Gasteiger partial charge in [-0.15, -0.1) is 0 Å². The Labute approximate surface area is 119 Å². The fourth-order valence-electron chi connectivity index (χ4n) is 3.32. The van der Waals surface area contributed by atoms with E-state index in [2.05, 4.69) is 0 Å². The molecule has 2 bridgehead atoms. The van der Waals surface area contributed by atoms with Gasteiger partial charge in [0.1, 0.15) is 10.6 Å². The van der Waals surface area contributed by atoms with Gasteiger partial charge in [0.05, 0.1) is 13.7 Å². The summed E-state index contributed by atoms with van der Waals surface area (Å²) in [5, 5.41) is 9.13. The molecule has 0 spiro atoms. The van der Waals surface area contributed by atoms with Gasteiger partial charge in [-0.05, 0) is 42.9 Å². The molecule has 1 aliphatic heterocycles. The molecular weight excluding hydrogens is 278 g/mol. The first kappa shape index (κ1) is 13.9. The number of rotatable bonds is 4. The van der Waals surface area contributed by atoms with Crippen LogP contribution in [0.3, 0.4) is 0 Å². The molecule has 1 aliphatic carbocycles. The summed E-state index contributed by atoms with van der Waals surface area (Å²) in [4.78, 5) is 0.199. The van der Waals surface area contributed by atoms with E-state index < -0.39 is 10.0 Å². The van der Waals surface area contributed by atoms with Gasteiger partial charge >= 0.3 is 0 Å². The molecule has 20 heavy (non-hydrogen) atoms. The molecule has 1 saturated heterocycles. The average Bonchev–Trinajstić information content (AvgIpc) is 3.09. The van der Waals surface area contributed by atoms with Crippen LogP contribution < -0.4 is 4.74 Å². The van der Waals surface area contributed by atoms with E-state index >= 15 is 0 Å². The number of methoxy groups -OCH3 is 1. The van der Waals surface area contributed by atoms with Crippen molar-refractivity contribution in [1.29, 1.82) is 0 Å². The molecule has 2 fully saturated rings. The van der Waals surface area contributed by atoms with Crippen molar-refractivity contribution in [2.24, 2.45) is 5.92 Å². The minimum atomic E-state index is -3.51. The third kappa shape index (κ3) is 2.12. The Kier molecular flexibility index (Phi) is 3.48. The van der Waals surface area contributed by atoms with Crippen LogP contribution in [-0.2, 0) is 16.6 Å². The number of benzene rings is 1. The summed E-state index contributed by atoms with van der Waals surface area (Å²) in [7, 11) is -2.06. The van der Waals surface area contributed by atoms with Gasteiger partial charge < -0.3 is 9.84 Å². The lowest BCUT2D eigenvalue weighted by molar-refractivity contribution is 0.280. The molecule has 1 aromatic carbocycles. The molecule has 1 saturated carbocycles. The van der Waals surface area contributed by atoms with E-state index in [-0.39, 0.29) is 17.5 Å². The molecule has 1 aromatic rings. The lowest BCUT2D eigenvalue weighted by Crippen LogP contribution is -2.37. The van der Waals surface area contributed by atoms with Gasteiger partial charge in [0.2, 0.25) is 10.0 Å². The van der Waals surface area contributed by atoms with Crippen LogP contribution in [0.15, 0.2) is 23.1 Å². The predicted octanol–water partition coefficient (Wildman–Crippen LogP) is 1.36. The Hall–Kier alpha value is -1.11. The van der Waals surface area contributed by atoms with E-state index in [0.717, 1.165) is 19.3 Å². The number of aliphatic hydroxyl groups is 1. The van der Waals surface area contributed by atoms with Crippen LogP contribution in [0.25, 0.3) is 0 Å². The van der Waals surface area contributed by atoms with E-state index in [9.17, 15) is 8.42 Å². The summed E-state index contributed by atoms with van der Waals surface area (Å²) in [5.41, 5.74) is 0.642. The predicted molar refractivity (Wildman–Crippen MR) is 73.9 cm³/mol. The highest BCUT2D eigenvalue weighted by atomic mass is 32.2. The molecule has 0 amide bonds. The lowest BCUT2D eigenvalue weighted by Gasteiger charge is -2.26. The van der Waals surface area contributed by atoms with Crippen LogP contribution >= 0.6 is 0 Å². The van der Waals surface area contributed by atoms with Gasteiger partial charge in [0, 0.05) is 12.6 Å². The Morgan fingerprint density at radius 2 is 2.20 bits per heavy atom. The van der Waals surface area contributed by atoms with E-state index in [4.69, 9.17) is 9.84 Å². The highest BCUT2D eigenvalue weighted by Crippen LogP contribution is 2.41. The van der Waals surface area contributed by atoms with Crippen molar-refractivity contribution in [3.05, 3.63) is 23.8 Å². The Morgan fingerprint density at radius 1 is 1.40 bits per heavy atom. The molecule has 0 aromatic heterocycles. The summed E-state index contributed by atoms with van der Waals surface area (Å²) in [6.07, 6.45) is 3.08. The van der Waals surface area contributed by atoms with Crippen LogP contribution in [0.2, 0.25) is 0 Å². The minimum absolute atomic E-state index is 0.134. The van der Waals surface area contributed by atoms with Gasteiger partial charge in [-0.25, -0.2) is 8.42 Å². The Balaban J connectivity index is 1.99. The average molecular weight is 297 g/mol. The zero-order valence-electron chi connectivity index (χ0n) is 11.4. The molecule has 2 unspecified atom stereocenters. The molecule has 5 nitrogen and oxygen atoms in total. The quantitative estimate of drug-likeness (QED) is 0.911. The normalized spacial score (nSPS) is 26.1. The lowest BCUT2D eigenvalue weighted by atomic mass is 10.1.